The zero-order valence-electron chi connectivity index (χ0n) is 12.3. The summed E-state index contributed by atoms with van der Waals surface area (Å²) in [5.74, 6) is 0.787. The molecule has 1 saturated heterocycles. The first-order valence-corrected chi connectivity index (χ1v) is 7.65. The van der Waals surface area contributed by atoms with E-state index in [1.165, 1.54) is 4.88 Å². The van der Waals surface area contributed by atoms with Crippen LogP contribution < -0.4 is 10.6 Å². The Kier molecular flexibility index (Phi) is 5.75. The smallest absolute Gasteiger partial charge is 0.191 e. The first-order chi connectivity index (χ1) is 9.67. The van der Waals surface area contributed by atoms with Crippen molar-refractivity contribution in [1.29, 1.82) is 0 Å². The van der Waals surface area contributed by atoms with Crippen LogP contribution in [0.15, 0.2) is 11.2 Å². The van der Waals surface area contributed by atoms with E-state index in [-0.39, 0.29) is 6.10 Å². The summed E-state index contributed by atoms with van der Waals surface area (Å²) >= 11 is 1.70. The Balaban J connectivity index is 1.72. The highest BCUT2D eigenvalue weighted by Crippen LogP contribution is 2.10. The van der Waals surface area contributed by atoms with Crippen molar-refractivity contribution in [1.82, 2.24) is 20.5 Å². The van der Waals surface area contributed by atoms with E-state index in [1.807, 2.05) is 6.20 Å². The molecule has 2 heterocycles. The molecule has 1 atom stereocenters. The SMILES string of the molecule is CN=C(NCc1ncc(C)s1)NCC1CN(C)CCO1. The molecule has 0 spiro atoms. The van der Waals surface area contributed by atoms with Gasteiger partial charge in [-0.25, -0.2) is 4.98 Å². The van der Waals surface area contributed by atoms with Crippen molar-refractivity contribution in [2.75, 3.05) is 40.3 Å². The van der Waals surface area contributed by atoms with Gasteiger partial charge in [0, 0.05) is 37.8 Å². The van der Waals surface area contributed by atoms with Crippen molar-refractivity contribution in [3.8, 4) is 0 Å². The summed E-state index contributed by atoms with van der Waals surface area (Å²) in [7, 11) is 3.89. The minimum absolute atomic E-state index is 0.217. The minimum atomic E-state index is 0.217. The number of aryl methyl sites for hydroxylation is 1. The largest absolute Gasteiger partial charge is 0.374 e. The van der Waals surface area contributed by atoms with Crippen molar-refractivity contribution in [2.24, 2.45) is 4.99 Å². The van der Waals surface area contributed by atoms with Crippen LogP contribution in [0.5, 0.6) is 0 Å². The third kappa shape index (κ3) is 4.73. The fourth-order valence-electron chi connectivity index (χ4n) is 2.06. The van der Waals surface area contributed by atoms with E-state index in [0.717, 1.165) is 37.2 Å². The molecule has 6 nitrogen and oxygen atoms in total. The molecule has 1 aliphatic rings. The van der Waals surface area contributed by atoms with Crippen LogP contribution in [0, 0.1) is 6.92 Å². The van der Waals surface area contributed by atoms with E-state index in [9.17, 15) is 0 Å². The molecule has 7 heteroatoms. The van der Waals surface area contributed by atoms with Gasteiger partial charge in [-0.05, 0) is 14.0 Å². The van der Waals surface area contributed by atoms with E-state index in [4.69, 9.17) is 4.74 Å². The van der Waals surface area contributed by atoms with Crippen molar-refractivity contribution in [3.63, 3.8) is 0 Å². The zero-order valence-corrected chi connectivity index (χ0v) is 13.2. The van der Waals surface area contributed by atoms with Crippen LogP contribution in [-0.4, -0.2) is 62.3 Å². The monoisotopic (exact) mass is 297 g/mol. The summed E-state index contributed by atoms with van der Waals surface area (Å²) in [6.07, 6.45) is 2.11. The van der Waals surface area contributed by atoms with E-state index < -0.39 is 0 Å². The number of likely N-dealkylation sites (N-methyl/N-ethyl adjacent to an activating group) is 1. The molecule has 0 bridgehead atoms. The lowest BCUT2D eigenvalue weighted by Crippen LogP contribution is -2.48. The van der Waals surface area contributed by atoms with Gasteiger partial charge in [0.15, 0.2) is 5.96 Å². The van der Waals surface area contributed by atoms with E-state index in [0.29, 0.717) is 6.54 Å². The average molecular weight is 297 g/mol. The number of morpholine rings is 1. The summed E-state index contributed by atoms with van der Waals surface area (Å²) in [6, 6.07) is 0. The molecule has 1 aromatic rings. The number of thiazole rings is 1. The van der Waals surface area contributed by atoms with Crippen LogP contribution in [-0.2, 0) is 11.3 Å². The van der Waals surface area contributed by atoms with Gasteiger partial charge in [0.1, 0.15) is 5.01 Å². The van der Waals surface area contributed by atoms with Gasteiger partial charge in [-0.15, -0.1) is 11.3 Å². The van der Waals surface area contributed by atoms with Gasteiger partial charge < -0.3 is 20.3 Å². The zero-order chi connectivity index (χ0) is 14.4. The minimum Gasteiger partial charge on any atom is -0.374 e. The lowest BCUT2D eigenvalue weighted by Gasteiger charge is -2.30. The number of hydrogen-bond acceptors (Lipinski definition) is 5. The summed E-state index contributed by atoms with van der Waals surface area (Å²) in [4.78, 5) is 12.0. The Labute approximate surface area is 124 Å². The summed E-state index contributed by atoms with van der Waals surface area (Å²) < 4.78 is 5.71. The molecular weight excluding hydrogens is 274 g/mol. The Morgan fingerprint density at radius 3 is 3.10 bits per heavy atom. The van der Waals surface area contributed by atoms with Gasteiger partial charge in [-0.2, -0.15) is 0 Å². The Morgan fingerprint density at radius 2 is 2.45 bits per heavy atom. The van der Waals surface area contributed by atoms with Gasteiger partial charge in [-0.1, -0.05) is 0 Å². The molecule has 2 N–H and O–H groups in total. The van der Waals surface area contributed by atoms with Gasteiger partial charge in [0.25, 0.3) is 0 Å². The molecular formula is C13H23N5OS. The second kappa shape index (κ2) is 7.56. The molecule has 0 saturated carbocycles. The molecule has 1 fully saturated rings. The number of aromatic nitrogens is 1. The molecule has 1 unspecified atom stereocenters. The van der Waals surface area contributed by atoms with E-state index in [1.54, 1.807) is 18.4 Å². The number of rotatable bonds is 4. The second-order valence-corrected chi connectivity index (χ2v) is 6.25. The van der Waals surface area contributed by atoms with Crippen LogP contribution in [0.3, 0.4) is 0 Å². The van der Waals surface area contributed by atoms with E-state index in [2.05, 4.69) is 39.5 Å². The fraction of sp³-hybridized carbons (Fsp3) is 0.692. The number of aliphatic imine (C=N–C) groups is 1. The van der Waals surface area contributed by atoms with Gasteiger partial charge in [-0.3, -0.25) is 4.99 Å². The van der Waals surface area contributed by atoms with Crippen molar-refractivity contribution >= 4 is 17.3 Å². The summed E-state index contributed by atoms with van der Waals surface area (Å²) in [5, 5.41) is 7.64. The number of nitrogens with one attached hydrogen (secondary N) is 2. The average Bonchev–Trinajstić information content (AvgIpc) is 2.85. The number of guanidine groups is 1. The molecule has 0 aromatic carbocycles. The number of ether oxygens (including phenoxy) is 1. The molecule has 0 radical (unpaired) electrons. The van der Waals surface area contributed by atoms with Gasteiger partial charge >= 0.3 is 0 Å². The number of nitrogens with zero attached hydrogens (tertiary/aromatic N) is 3. The second-order valence-electron chi connectivity index (χ2n) is 4.93. The predicted octanol–water partition coefficient (Wildman–Crippen LogP) is 0.447. The van der Waals surface area contributed by atoms with Crippen molar-refractivity contribution in [3.05, 3.63) is 16.1 Å². The van der Waals surface area contributed by atoms with Crippen molar-refractivity contribution in [2.45, 2.75) is 19.6 Å². The molecule has 0 aliphatic carbocycles. The van der Waals surface area contributed by atoms with Crippen LogP contribution >= 0.6 is 11.3 Å². The first-order valence-electron chi connectivity index (χ1n) is 6.83. The topological polar surface area (TPSA) is 61.8 Å². The van der Waals surface area contributed by atoms with Gasteiger partial charge in [0.05, 0.1) is 19.3 Å². The maximum atomic E-state index is 5.71. The van der Waals surface area contributed by atoms with Crippen LogP contribution in [0.25, 0.3) is 0 Å². The highest BCUT2D eigenvalue weighted by Gasteiger charge is 2.17. The standard InChI is InChI=1S/C13H23N5OS/c1-10-6-15-12(20-10)8-17-13(14-2)16-7-11-9-18(3)4-5-19-11/h6,11H,4-5,7-9H2,1-3H3,(H2,14,16,17). The number of hydrogen-bond donors (Lipinski definition) is 2. The lowest BCUT2D eigenvalue weighted by atomic mass is 10.3. The highest BCUT2D eigenvalue weighted by atomic mass is 32.1. The van der Waals surface area contributed by atoms with Crippen LogP contribution in [0.1, 0.15) is 9.88 Å². The Bertz CT molecular complexity index is 448. The molecule has 1 aliphatic heterocycles. The fourth-order valence-corrected chi connectivity index (χ4v) is 2.79. The van der Waals surface area contributed by atoms with Gasteiger partial charge in [0.2, 0.25) is 0 Å². The Morgan fingerprint density at radius 1 is 1.60 bits per heavy atom. The predicted molar refractivity (Wildman–Crippen MR) is 82.3 cm³/mol. The van der Waals surface area contributed by atoms with Crippen LogP contribution in [0.2, 0.25) is 0 Å². The quantitative estimate of drug-likeness (QED) is 0.624. The Hall–Kier alpha value is -1.18. The third-order valence-corrected chi connectivity index (χ3v) is 4.05. The normalized spacial score (nSPS) is 20.9. The summed E-state index contributed by atoms with van der Waals surface area (Å²) in [5.41, 5.74) is 0. The molecule has 112 valence electrons. The highest BCUT2D eigenvalue weighted by molar-refractivity contribution is 7.11. The summed E-state index contributed by atoms with van der Waals surface area (Å²) in [6.45, 7) is 6.28. The third-order valence-electron chi connectivity index (χ3n) is 3.14. The van der Waals surface area contributed by atoms with Crippen LogP contribution in [0.4, 0.5) is 0 Å². The van der Waals surface area contributed by atoms with Crippen molar-refractivity contribution < 1.29 is 4.74 Å². The maximum Gasteiger partial charge on any atom is 0.191 e. The first kappa shape index (κ1) is 15.2. The lowest BCUT2D eigenvalue weighted by molar-refractivity contribution is -0.0161. The van der Waals surface area contributed by atoms with E-state index >= 15 is 0 Å². The molecule has 2 rings (SSSR count). The molecule has 1 aromatic heterocycles. The molecule has 20 heavy (non-hydrogen) atoms. The molecule has 0 amide bonds. The maximum absolute atomic E-state index is 5.71.